The highest BCUT2D eigenvalue weighted by Gasteiger charge is 2.30. The second-order valence-electron chi connectivity index (χ2n) is 4.86. The average molecular weight is 242 g/mol. The molecule has 0 aromatic rings. The van der Waals surface area contributed by atoms with Crippen molar-refractivity contribution in [2.24, 2.45) is 5.92 Å². The zero-order valence-electron chi connectivity index (χ0n) is 10.00. The Labute approximate surface area is 102 Å². The molecule has 4 heteroatoms. The molecular formula is C12H22N2OS. The van der Waals surface area contributed by atoms with Gasteiger partial charge < -0.3 is 10.6 Å². The van der Waals surface area contributed by atoms with Crippen LogP contribution in [0, 0.1) is 5.92 Å². The fourth-order valence-electron chi connectivity index (χ4n) is 2.75. The third kappa shape index (κ3) is 2.92. The molecule has 1 saturated carbocycles. The Morgan fingerprint density at radius 3 is 2.88 bits per heavy atom. The van der Waals surface area contributed by atoms with Crippen LogP contribution in [0.1, 0.15) is 32.1 Å². The fraction of sp³-hybridized carbons (Fsp3) is 0.917. The molecule has 0 aromatic heterocycles. The maximum absolute atomic E-state index is 12.1. The lowest BCUT2D eigenvalue weighted by Crippen LogP contribution is -2.46. The van der Waals surface area contributed by atoms with Crippen molar-refractivity contribution in [3.8, 4) is 0 Å². The van der Waals surface area contributed by atoms with Crippen molar-refractivity contribution in [2.45, 2.75) is 43.4 Å². The Bertz CT molecular complexity index is 241. The molecule has 0 aromatic carbocycles. The third-order valence-electron chi connectivity index (χ3n) is 3.75. The molecule has 1 aliphatic heterocycles. The highest BCUT2D eigenvalue weighted by molar-refractivity contribution is 7.99. The fourth-order valence-corrected chi connectivity index (χ4v) is 3.68. The molecule has 2 fully saturated rings. The Kier molecular flexibility index (Phi) is 4.53. The van der Waals surface area contributed by atoms with Gasteiger partial charge in [-0.2, -0.15) is 11.8 Å². The van der Waals surface area contributed by atoms with Gasteiger partial charge in [0, 0.05) is 17.8 Å². The smallest absolute Gasteiger partial charge is 0.224 e. The van der Waals surface area contributed by atoms with E-state index in [1.165, 1.54) is 12.8 Å². The molecule has 2 rings (SSSR count). The quantitative estimate of drug-likeness (QED) is 0.786. The van der Waals surface area contributed by atoms with Gasteiger partial charge in [-0.1, -0.05) is 6.42 Å². The van der Waals surface area contributed by atoms with Gasteiger partial charge in [-0.15, -0.1) is 0 Å². The van der Waals surface area contributed by atoms with E-state index in [1.54, 1.807) is 0 Å². The van der Waals surface area contributed by atoms with Crippen molar-refractivity contribution in [3.63, 3.8) is 0 Å². The van der Waals surface area contributed by atoms with Crippen LogP contribution in [0.3, 0.4) is 0 Å². The van der Waals surface area contributed by atoms with Crippen molar-refractivity contribution < 1.29 is 4.79 Å². The number of hydrogen-bond donors (Lipinski definition) is 2. The maximum atomic E-state index is 12.1. The van der Waals surface area contributed by atoms with E-state index in [4.69, 9.17) is 0 Å². The summed E-state index contributed by atoms with van der Waals surface area (Å²) in [6.45, 7) is 1.93. The van der Waals surface area contributed by atoms with Crippen LogP contribution >= 0.6 is 11.8 Å². The predicted octanol–water partition coefficient (Wildman–Crippen LogP) is 1.39. The highest BCUT2D eigenvalue weighted by atomic mass is 32.2. The van der Waals surface area contributed by atoms with E-state index in [-0.39, 0.29) is 11.8 Å². The first-order valence-corrected chi connectivity index (χ1v) is 7.64. The molecule has 92 valence electrons. The first kappa shape index (κ1) is 12.2. The van der Waals surface area contributed by atoms with Gasteiger partial charge in [-0.25, -0.2) is 0 Å². The first-order valence-electron chi connectivity index (χ1n) is 6.35. The molecule has 1 saturated heterocycles. The molecule has 2 aliphatic rings. The minimum Gasteiger partial charge on any atom is -0.352 e. The maximum Gasteiger partial charge on any atom is 0.224 e. The molecule has 1 heterocycles. The summed E-state index contributed by atoms with van der Waals surface area (Å²) < 4.78 is 0. The standard InChI is InChI=1S/C12H22N2OS/c1-16-11-6-2-5-10(11)14-12(15)9-4-3-7-13-8-9/h9-11,13H,2-8H2,1H3,(H,14,15)/t9-,10?,11?/m1/s1. The molecule has 0 radical (unpaired) electrons. The predicted molar refractivity (Wildman–Crippen MR) is 68.7 cm³/mol. The number of hydrogen-bond acceptors (Lipinski definition) is 3. The summed E-state index contributed by atoms with van der Waals surface area (Å²) in [6.07, 6.45) is 8.02. The van der Waals surface area contributed by atoms with Crippen LogP contribution in [0.4, 0.5) is 0 Å². The largest absolute Gasteiger partial charge is 0.352 e. The monoisotopic (exact) mass is 242 g/mol. The minimum absolute atomic E-state index is 0.205. The summed E-state index contributed by atoms with van der Waals surface area (Å²) in [5.41, 5.74) is 0. The van der Waals surface area contributed by atoms with Crippen molar-refractivity contribution in [1.82, 2.24) is 10.6 Å². The van der Waals surface area contributed by atoms with Crippen LogP contribution in [0.2, 0.25) is 0 Å². The van der Waals surface area contributed by atoms with Gasteiger partial charge in [-0.05, 0) is 38.5 Å². The highest BCUT2D eigenvalue weighted by Crippen LogP contribution is 2.28. The second kappa shape index (κ2) is 5.92. The van der Waals surface area contributed by atoms with Crippen LogP contribution in [-0.4, -0.2) is 36.5 Å². The Hall–Kier alpha value is -0.220. The van der Waals surface area contributed by atoms with Crippen molar-refractivity contribution in [2.75, 3.05) is 19.3 Å². The Morgan fingerprint density at radius 2 is 2.19 bits per heavy atom. The third-order valence-corrected chi connectivity index (χ3v) is 4.92. The van der Waals surface area contributed by atoms with Gasteiger partial charge >= 0.3 is 0 Å². The molecule has 1 amide bonds. The van der Waals surface area contributed by atoms with Crippen LogP contribution in [0.25, 0.3) is 0 Å². The van der Waals surface area contributed by atoms with Gasteiger partial charge in [0.15, 0.2) is 0 Å². The summed E-state index contributed by atoms with van der Waals surface area (Å²) in [4.78, 5) is 12.1. The lowest BCUT2D eigenvalue weighted by Gasteiger charge is -2.25. The Morgan fingerprint density at radius 1 is 1.31 bits per heavy atom. The molecule has 0 bridgehead atoms. The van der Waals surface area contributed by atoms with E-state index in [0.717, 1.165) is 32.4 Å². The summed E-state index contributed by atoms with van der Waals surface area (Å²) in [5.74, 6) is 0.481. The number of amides is 1. The van der Waals surface area contributed by atoms with Crippen molar-refractivity contribution in [3.05, 3.63) is 0 Å². The normalized spacial score (nSPS) is 34.9. The van der Waals surface area contributed by atoms with Gasteiger partial charge in [0.05, 0.1) is 5.92 Å². The summed E-state index contributed by atoms with van der Waals surface area (Å²) in [7, 11) is 0. The molecular weight excluding hydrogens is 220 g/mol. The molecule has 3 atom stereocenters. The van der Waals surface area contributed by atoms with Crippen LogP contribution in [0.15, 0.2) is 0 Å². The molecule has 2 unspecified atom stereocenters. The molecule has 3 nitrogen and oxygen atoms in total. The zero-order valence-corrected chi connectivity index (χ0v) is 10.8. The van der Waals surface area contributed by atoms with E-state index >= 15 is 0 Å². The van der Waals surface area contributed by atoms with Crippen LogP contribution < -0.4 is 10.6 Å². The topological polar surface area (TPSA) is 41.1 Å². The van der Waals surface area contributed by atoms with Gasteiger partial charge in [-0.3, -0.25) is 4.79 Å². The van der Waals surface area contributed by atoms with E-state index in [9.17, 15) is 4.79 Å². The lowest BCUT2D eigenvalue weighted by atomic mass is 9.98. The van der Waals surface area contributed by atoms with E-state index < -0.39 is 0 Å². The number of nitrogens with one attached hydrogen (secondary N) is 2. The molecule has 0 spiro atoms. The van der Waals surface area contributed by atoms with Crippen LogP contribution in [0.5, 0.6) is 0 Å². The molecule has 2 N–H and O–H groups in total. The van der Waals surface area contributed by atoms with Crippen molar-refractivity contribution in [1.29, 1.82) is 0 Å². The lowest BCUT2D eigenvalue weighted by molar-refractivity contribution is -0.126. The minimum atomic E-state index is 0.205. The number of rotatable bonds is 3. The number of carbonyl (C=O) groups excluding carboxylic acids is 1. The number of carbonyl (C=O) groups is 1. The zero-order chi connectivity index (χ0) is 11.4. The van der Waals surface area contributed by atoms with E-state index in [0.29, 0.717) is 11.3 Å². The summed E-state index contributed by atoms with van der Waals surface area (Å²) >= 11 is 1.90. The van der Waals surface area contributed by atoms with Gasteiger partial charge in [0.25, 0.3) is 0 Å². The molecule has 16 heavy (non-hydrogen) atoms. The van der Waals surface area contributed by atoms with Crippen LogP contribution in [-0.2, 0) is 4.79 Å². The van der Waals surface area contributed by atoms with Gasteiger partial charge in [0.2, 0.25) is 5.91 Å². The number of piperidine rings is 1. The van der Waals surface area contributed by atoms with Gasteiger partial charge in [0.1, 0.15) is 0 Å². The number of thioether (sulfide) groups is 1. The Balaban J connectivity index is 1.81. The molecule has 1 aliphatic carbocycles. The summed E-state index contributed by atoms with van der Waals surface area (Å²) in [5, 5.41) is 7.19. The second-order valence-corrected chi connectivity index (χ2v) is 5.94. The SMILES string of the molecule is CSC1CCCC1NC(=O)[C@@H]1CCCNC1. The van der Waals surface area contributed by atoms with Crippen molar-refractivity contribution >= 4 is 17.7 Å². The van der Waals surface area contributed by atoms with E-state index in [2.05, 4.69) is 16.9 Å². The summed E-state index contributed by atoms with van der Waals surface area (Å²) in [6, 6.07) is 0.421. The van der Waals surface area contributed by atoms with E-state index in [1.807, 2.05) is 11.8 Å². The first-order chi connectivity index (χ1) is 7.81. The average Bonchev–Trinajstić information content (AvgIpc) is 2.77.